The molecule has 0 fully saturated rings. The third kappa shape index (κ3) is 4.17. The normalized spacial score (nSPS) is 17.6. The average molecular weight is 418 g/mol. The second-order valence-electron chi connectivity index (χ2n) is 8.54. The van der Waals surface area contributed by atoms with E-state index in [0.29, 0.717) is 0 Å². The van der Waals surface area contributed by atoms with E-state index in [1.165, 1.54) is 5.56 Å². The molecule has 1 aromatic carbocycles. The van der Waals surface area contributed by atoms with Crippen LogP contribution in [0.2, 0.25) is 0 Å². The first-order valence-electron chi connectivity index (χ1n) is 11.2. The Morgan fingerprint density at radius 1 is 1.10 bits per heavy atom. The van der Waals surface area contributed by atoms with E-state index >= 15 is 0 Å². The van der Waals surface area contributed by atoms with Gasteiger partial charge in [0.25, 0.3) is 11.5 Å². The Morgan fingerprint density at radius 3 is 2.84 bits per heavy atom. The molecule has 1 amide bonds. The minimum atomic E-state index is -0.285. The van der Waals surface area contributed by atoms with Crippen LogP contribution in [-0.2, 0) is 38.6 Å². The second kappa shape index (κ2) is 8.49. The molecular weight excluding hydrogens is 390 g/mol. The van der Waals surface area contributed by atoms with Crippen molar-refractivity contribution >= 4 is 5.91 Å². The lowest BCUT2D eigenvalue weighted by Gasteiger charge is -2.16. The first-order chi connectivity index (χ1) is 15.2. The molecule has 5 rings (SSSR count). The molecule has 2 aromatic heterocycles. The van der Waals surface area contributed by atoms with E-state index < -0.39 is 0 Å². The number of hydrogen-bond acceptors (Lipinski definition) is 4. The third-order valence-electron chi connectivity index (χ3n) is 6.47. The number of fused-ring (bicyclic) bond motifs is 2. The van der Waals surface area contributed by atoms with Crippen molar-refractivity contribution in [2.45, 2.75) is 64.0 Å². The summed E-state index contributed by atoms with van der Waals surface area (Å²) in [5.41, 5.74) is 3.31. The summed E-state index contributed by atoms with van der Waals surface area (Å²) in [6.07, 6.45) is 6.99. The number of carbonyl (C=O) groups is 1. The van der Waals surface area contributed by atoms with Crippen molar-refractivity contribution in [1.82, 2.24) is 25.1 Å². The number of nitrogens with zero attached hydrogens (tertiary/aromatic N) is 3. The molecule has 0 radical (unpaired) electrons. The fourth-order valence-electron chi connectivity index (χ4n) is 4.72. The molecule has 2 N–H and O–H groups in total. The van der Waals surface area contributed by atoms with E-state index in [4.69, 9.17) is 0 Å². The van der Waals surface area contributed by atoms with Crippen molar-refractivity contribution in [3.63, 3.8) is 0 Å². The molecule has 3 aromatic rings. The maximum atomic E-state index is 12.8. The largest absolute Gasteiger partial charge is 0.349 e. The van der Waals surface area contributed by atoms with Crippen LogP contribution in [0.25, 0.3) is 0 Å². The van der Waals surface area contributed by atoms with Crippen molar-refractivity contribution < 1.29 is 4.79 Å². The Morgan fingerprint density at radius 2 is 1.97 bits per heavy atom. The Balaban J connectivity index is 1.23. The standard InChI is InChI=1S/C24H27N5O2/c30-23(19-15-17-7-4-8-20(17)26-24(19)31)25-18-10-12-22-28-27-21(29(22)14-13-18)11-9-16-5-2-1-3-6-16/h1-3,5-6,15,18H,4,7-14H2,(H,25,30)(H,26,31). The first-order valence-corrected chi connectivity index (χ1v) is 11.2. The Hall–Kier alpha value is -3.22. The van der Waals surface area contributed by atoms with Crippen molar-refractivity contribution in [1.29, 1.82) is 0 Å². The predicted molar refractivity (Wildman–Crippen MR) is 117 cm³/mol. The predicted octanol–water partition coefficient (Wildman–Crippen LogP) is 2.38. The van der Waals surface area contributed by atoms with E-state index in [0.717, 1.165) is 80.8 Å². The Labute approximate surface area is 180 Å². The van der Waals surface area contributed by atoms with Gasteiger partial charge in [-0.3, -0.25) is 9.59 Å². The van der Waals surface area contributed by atoms with Gasteiger partial charge in [-0.25, -0.2) is 0 Å². The van der Waals surface area contributed by atoms with Crippen molar-refractivity contribution in [2.75, 3.05) is 0 Å². The number of amides is 1. The van der Waals surface area contributed by atoms with Crippen LogP contribution >= 0.6 is 0 Å². The summed E-state index contributed by atoms with van der Waals surface area (Å²) >= 11 is 0. The van der Waals surface area contributed by atoms with E-state index in [1.54, 1.807) is 6.07 Å². The van der Waals surface area contributed by atoms with Crippen LogP contribution in [0.15, 0.2) is 41.2 Å². The average Bonchev–Trinajstić information content (AvgIpc) is 3.35. The summed E-state index contributed by atoms with van der Waals surface area (Å²) in [7, 11) is 0. The zero-order chi connectivity index (χ0) is 21.2. The second-order valence-corrected chi connectivity index (χ2v) is 8.54. The maximum Gasteiger partial charge on any atom is 0.261 e. The lowest BCUT2D eigenvalue weighted by molar-refractivity contribution is 0.0931. The van der Waals surface area contributed by atoms with E-state index in [9.17, 15) is 9.59 Å². The molecule has 1 unspecified atom stereocenters. The van der Waals surface area contributed by atoms with Gasteiger partial charge in [0.15, 0.2) is 0 Å². The molecule has 7 heteroatoms. The van der Waals surface area contributed by atoms with Gasteiger partial charge in [0, 0.05) is 31.1 Å². The molecule has 1 aliphatic heterocycles. The van der Waals surface area contributed by atoms with E-state index in [2.05, 4.69) is 49.3 Å². The lowest BCUT2D eigenvalue weighted by Crippen LogP contribution is -2.38. The Bertz CT molecular complexity index is 1150. The molecule has 0 saturated carbocycles. The number of carbonyl (C=O) groups excluding carboxylic acids is 1. The number of benzene rings is 1. The van der Waals surface area contributed by atoms with Gasteiger partial charge in [-0.1, -0.05) is 30.3 Å². The zero-order valence-electron chi connectivity index (χ0n) is 17.6. The van der Waals surface area contributed by atoms with Crippen molar-refractivity contribution in [3.8, 4) is 0 Å². The molecule has 31 heavy (non-hydrogen) atoms. The number of aromatic amines is 1. The van der Waals surface area contributed by atoms with E-state index in [1.807, 2.05) is 6.07 Å². The molecule has 7 nitrogen and oxygen atoms in total. The number of aryl methyl sites for hydroxylation is 5. The van der Waals surface area contributed by atoms with Gasteiger partial charge < -0.3 is 14.9 Å². The lowest BCUT2D eigenvalue weighted by atomic mass is 10.1. The SMILES string of the molecule is O=C(NC1CCc2nnc(CCc3ccccc3)n2CC1)c1cc2c([nH]c1=O)CCC2. The third-order valence-corrected chi connectivity index (χ3v) is 6.47. The highest BCUT2D eigenvalue weighted by Gasteiger charge is 2.24. The summed E-state index contributed by atoms with van der Waals surface area (Å²) in [6, 6.07) is 12.2. The van der Waals surface area contributed by atoms with E-state index in [-0.39, 0.29) is 23.1 Å². The quantitative estimate of drug-likeness (QED) is 0.667. The van der Waals surface area contributed by atoms with Crippen molar-refractivity contribution in [3.05, 3.63) is 80.8 Å². The van der Waals surface area contributed by atoms with Crippen LogP contribution in [0.3, 0.4) is 0 Å². The van der Waals surface area contributed by atoms with Crippen molar-refractivity contribution in [2.24, 2.45) is 0 Å². The summed E-state index contributed by atoms with van der Waals surface area (Å²) in [5, 5.41) is 11.9. The minimum absolute atomic E-state index is 0.0174. The first kappa shape index (κ1) is 19.7. The van der Waals surface area contributed by atoms with Crippen LogP contribution in [0.5, 0.6) is 0 Å². The minimum Gasteiger partial charge on any atom is -0.349 e. The molecule has 2 aliphatic rings. The van der Waals surface area contributed by atoms with Gasteiger partial charge in [-0.15, -0.1) is 10.2 Å². The monoisotopic (exact) mass is 417 g/mol. The highest BCUT2D eigenvalue weighted by Crippen LogP contribution is 2.20. The summed E-state index contributed by atoms with van der Waals surface area (Å²) in [5.74, 6) is 1.71. The van der Waals surface area contributed by atoms with Crippen LogP contribution in [0.1, 0.15) is 58.1 Å². The molecule has 0 saturated heterocycles. The molecule has 1 atom stereocenters. The number of nitrogens with one attached hydrogen (secondary N) is 2. The Kier molecular flexibility index (Phi) is 5.40. The maximum absolute atomic E-state index is 12.8. The van der Waals surface area contributed by atoms with Crippen LogP contribution in [0, 0.1) is 0 Å². The zero-order valence-corrected chi connectivity index (χ0v) is 17.6. The number of pyridine rings is 1. The van der Waals surface area contributed by atoms with Gasteiger partial charge in [-0.2, -0.15) is 0 Å². The molecule has 1 aliphatic carbocycles. The molecule has 160 valence electrons. The van der Waals surface area contributed by atoms with Gasteiger partial charge in [0.2, 0.25) is 0 Å². The molecule has 0 spiro atoms. The molecular formula is C24H27N5O2. The van der Waals surface area contributed by atoms with Crippen LogP contribution in [0.4, 0.5) is 0 Å². The highest BCUT2D eigenvalue weighted by atomic mass is 16.2. The van der Waals surface area contributed by atoms with Crippen LogP contribution < -0.4 is 10.9 Å². The molecule has 3 heterocycles. The summed E-state index contributed by atoms with van der Waals surface area (Å²) < 4.78 is 2.21. The topological polar surface area (TPSA) is 92.7 Å². The number of H-pyrrole nitrogens is 1. The fourth-order valence-corrected chi connectivity index (χ4v) is 4.72. The number of aromatic nitrogens is 4. The molecule has 0 bridgehead atoms. The van der Waals surface area contributed by atoms with Gasteiger partial charge >= 0.3 is 0 Å². The highest BCUT2D eigenvalue weighted by molar-refractivity contribution is 5.94. The van der Waals surface area contributed by atoms with Crippen LogP contribution in [-0.4, -0.2) is 31.7 Å². The summed E-state index contributed by atoms with van der Waals surface area (Å²) in [6.45, 7) is 0.776. The van der Waals surface area contributed by atoms with Gasteiger partial charge in [-0.05, 0) is 55.7 Å². The van der Waals surface area contributed by atoms with Gasteiger partial charge in [0.1, 0.15) is 17.2 Å². The summed E-state index contributed by atoms with van der Waals surface area (Å²) in [4.78, 5) is 28.1. The smallest absolute Gasteiger partial charge is 0.261 e. The fraction of sp³-hybridized carbons (Fsp3) is 0.417. The number of hydrogen-bond donors (Lipinski definition) is 2. The number of rotatable bonds is 5. The van der Waals surface area contributed by atoms with Gasteiger partial charge in [0.05, 0.1) is 0 Å².